The van der Waals surface area contributed by atoms with Crippen molar-refractivity contribution in [2.75, 3.05) is 0 Å². The number of guanidine groups is 1. The Hall–Kier alpha value is -0.570. The molecule has 1 aromatic carbocycles. The molecule has 0 spiro atoms. The summed E-state index contributed by atoms with van der Waals surface area (Å²) in [6.07, 6.45) is 0.939. The Morgan fingerprint density at radius 3 is 2.78 bits per heavy atom. The molecule has 1 heterocycles. The maximum atomic E-state index is 6.19. The molecule has 0 bridgehead atoms. The van der Waals surface area contributed by atoms with Gasteiger partial charge in [0.25, 0.3) is 0 Å². The van der Waals surface area contributed by atoms with E-state index in [2.05, 4.69) is 22.2 Å². The van der Waals surface area contributed by atoms with E-state index in [0.717, 1.165) is 22.7 Å². The summed E-state index contributed by atoms with van der Waals surface area (Å²) in [6.45, 7) is 4.52. The van der Waals surface area contributed by atoms with Crippen molar-refractivity contribution in [1.82, 2.24) is 10.3 Å². The number of aliphatic imine (C=N–C) groups is 1. The van der Waals surface area contributed by atoms with Gasteiger partial charge in [-0.1, -0.05) is 36.2 Å². The average Bonchev–Trinajstić information content (AvgIpc) is 2.93. The van der Waals surface area contributed by atoms with Crippen LogP contribution in [0.5, 0.6) is 0 Å². The molecule has 0 amide bonds. The number of aryl methyl sites for hydroxylation is 1. The fourth-order valence-electron chi connectivity index (χ4n) is 1.95. The van der Waals surface area contributed by atoms with Crippen LogP contribution in [-0.2, 0) is 13.0 Å². The zero-order chi connectivity index (χ0) is 16.1. The first-order valence-electron chi connectivity index (χ1n) is 6.94. The second kappa shape index (κ2) is 9.66. The second-order valence-corrected chi connectivity index (χ2v) is 6.61. The molecule has 3 N–H and O–H groups in total. The predicted octanol–water partition coefficient (Wildman–Crippen LogP) is 4.80. The van der Waals surface area contributed by atoms with Crippen molar-refractivity contribution >= 4 is 64.5 Å². The minimum atomic E-state index is -0.0600. The highest BCUT2D eigenvalue weighted by atomic mass is 127. The largest absolute Gasteiger partial charge is 0.370 e. The van der Waals surface area contributed by atoms with E-state index in [-0.39, 0.29) is 30.0 Å². The summed E-state index contributed by atoms with van der Waals surface area (Å²) in [5, 5.41) is 7.45. The van der Waals surface area contributed by atoms with Gasteiger partial charge in [0.2, 0.25) is 0 Å². The third-order valence-electron chi connectivity index (χ3n) is 3.11. The summed E-state index contributed by atoms with van der Waals surface area (Å²) in [4.78, 5) is 8.77. The Kier molecular flexibility index (Phi) is 8.60. The van der Waals surface area contributed by atoms with E-state index in [1.54, 1.807) is 23.5 Å². The van der Waals surface area contributed by atoms with Crippen molar-refractivity contribution < 1.29 is 0 Å². The van der Waals surface area contributed by atoms with Gasteiger partial charge in [-0.25, -0.2) is 9.98 Å². The molecular formula is C15H19Cl2IN4S. The van der Waals surface area contributed by atoms with Crippen molar-refractivity contribution in [2.45, 2.75) is 32.9 Å². The van der Waals surface area contributed by atoms with Gasteiger partial charge in [0.05, 0.1) is 23.3 Å². The second-order valence-electron chi connectivity index (χ2n) is 4.82. The van der Waals surface area contributed by atoms with E-state index in [9.17, 15) is 0 Å². The number of nitrogens with one attached hydrogen (secondary N) is 1. The summed E-state index contributed by atoms with van der Waals surface area (Å²) in [5.41, 5.74) is 7.78. The van der Waals surface area contributed by atoms with E-state index in [1.807, 2.05) is 18.4 Å². The van der Waals surface area contributed by atoms with Gasteiger partial charge < -0.3 is 11.1 Å². The summed E-state index contributed by atoms with van der Waals surface area (Å²) in [6, 6.07) is 5.33. The van der Waals surface area contributed by atoms with E-state index in [0.29, 0.717) is 22.5 Å². The quantitative estimate of drug-likeness (QED) is 0.364. The lowest BCUT2D eigenvalue weighted by atomic mass is 10.1. The molecule has 1 aromatic heterocycles. The molecule has 126 valence electrons. The number of nitrogens with two attached hydrogens (primary N) is 1. The standard InChI is InChI=1S/C15H18Cl2N4S.HI/c1-3-14-21-11(8-22-14)7-19-15(18)20-9(2)12-5-4-10(16)6-13(12)17;/h4-6,8-9H,3,7H2,1-2H3,(H3,18,19,20);1H. The van der Waals surface area contributed by atoms with Crippen LogP contribution >= 0.6 is 58.5 Å². The number of hydrogen-bond acceptors (Lipinski definition) is 3. The van der Waals surface area contributed by atoms with Crippen molar-refractivity contribution in [1.29, 1.82) is 0 Å². The Labute approximate surface area is 167 Å². The van der Waals surface area contributed by atoms with Gasteiger partial charge in [-0.3, -0.25) is 0 Å². The zero-order valence-electron chi connectivity index (χ0n) is 12.8. The maximum Gasteiger partial charge on any atom is 0.189 e. The van der Waals surface area contributed by atoms with Crippen LogP contribution in [0.25, 0.3) is 0 Å². The molecule has 0 fully saturated rings. The molecule has 0 aliphatic rings. The monoisotopic (exact) mass is 484 g/mol. The van der Waals surface area contributed by atoms with E-state index in [1.165, 1.54) is 0 Å². The predicted molar refractivity (Wildman–Crippen MR) is 110 cm³/mol. The highest BCUT2D eigenvalue weighted by Crippen LogP contribution is 2.25. The topological polar surface area (TPSA) is 63.3 Å². The normalized spacial score (nSPS) is 12.6. The Balaban J connectivity index is 0.00000264. The van der Waals surface area contributed by atoms with Gasteiger partial charge in [-0.05, 0) is 31.0 Å². The van der Waals surface area contributed by atoms with Crippen LogP contribution in [0.2, 0.25) is 10.0 Å². The fraction of sp³-hybridized carbons (Fsp3) is 0.333. The van der Waals surface area contributed by atoms with Crippen LogP contribution in [0, 0.1) is 0 Å². The minimum absolute atomic E-state index is 0. The molecule has 1 unspecified atom stereocenters. The lowest BCUT2D eigenvalue weighted by Crippen LogP contribution is -2.34. The van der Waals surface area contributed by atoms with Gasteiger partial charge in [0.1, 0.15) is 0 Å². The van der Waals surface area contributed by atoms with E-state index >= 15 is 0 Å². The Morgan fingerprint density at radius 1 is 1.43 bits per heavy atom. The van der Waals surface area contributed by atoms with Crippen molar-refractivity contribution in [3.8, 4) is 0 Å². The first-order valence-corrected chi connectivity index (χ1v) is 8.57. The molecule has 0 aliphatic carbocycles. The number of halogens is 3. The smallest absolute Gasteiger partial charge is 0.189 e. The zero-order valence-corrected chi connectivity index (χ0v) is 17.5. The Morgan fingerprint density at radius 2 is 2.17 bits per heavy atom. The molecule has 4 nitrogen and oxygen atoms in total. The first kappa shape index (κ1) is 20.5. The van der Waals surface area contributed by atoms with Crippen LogP contribution in [-0.4, -0.2) is 10.9 Å². The van der Waals surface area contributed by atoms with Crippen LogP contribution in [0.3, 0.4) is 0 Å². The van der Waals surface area contributed by atoms with E-state index < -0.39 is 0 Å². The number of nitrogens with zero attached hydrogens (tertiary/aromatic N) is 2. The summed E-state index contributed by atoms with van der Waals surface area (Å²) in [7, 11) is 0. The van der Waals surface area contributed by atoms with Gasteiger partial charge in [-0.2, -0.15) is 0 Å². The van der Waals surface area contributed by atoms with Crippen LogP contribution in [0.15, 0.2) is 28.6 Å². The first-order chi connectivity index (χ1) is 10.5. The molecule has 1 atom stereocenters. The van der Waals surface area contributed by atoms with Crippen molar-refractivity contribution in [3.05, 3.63) is 49.9 Å². The molecular weight excluding hydrogens is 466 g/mol. The fourth-order valence-corrected chi connectivity index (χ4v) is 3.26. The number of benzene rings is 1. The van der Waals surface area contributed by atoms with Gasteiger partial charge in [0, 0.05) is 15.4 Å². The van der Waals surface area contributed by atoms with Crippen molar-refractivity contribution in [3.63, 3.8) is 0 Å². The molecule has 8 heteroatoms. The summed E-state index contributed by atoms with van der Waals surface area (Å²) >= 11 is 13.7. The van der Waals surface area contributed by atoms with Crippen LogP contribution in [0.1, 0.15) is 36.2 Å². The third kappa shape index (κ3) is 6.10. The number of aromatic nitrogens is 1. The molecule has 23 heavy (non-hydrogen) atoms. The molecule has 2 rings (SSSR count). The van der Waals surface area contributed by atoms with Gasteiger partial charge >= 0.3 is 0 Å². The maximum absolute atomic E-state index is 6.19. The molecule has 0 saturated heterocycles. The molecule has 2 aromatic rings. The van der Waals surface area contributed by atoms with Gasteiger partial charge in [0.15, 0.2) is 5.96 Å². The number of hydrogen-bond donors (Lipinski definition) is 2. The molecule has 0 radical (unpaired) electrons. The van der Waals surface area contributed by atoms with Gasteiger partial charge in [-0.15, -0.1) is 35.3 Å². The van der Waals surface area contributed by atoms with Crippen molar-refractivity contribution in [2.24, 2.45) is 10.7 Å². The minimum Gasteiger partial charge on any atom is -0.370 e. The SMILES string of the molecule is CCc1nc(CN=C(N)NC(C)c2ccc(Cl)cc2Cl)cs1.I. The highest BCUT2D eigenvalue weighted by molar-refractivity contribution is 14.0. The average molecular weight is 485 g/mol. The highest BCUT2D eigenvalue weighted by Gasteiger charge is 2.10. The Bertz CT molecular complexity index is 675. The third-order valence-corrected chi connectivity index (χ3v) is 4.71. The molecule has 0 aliphatic heterocycles. The van der Waals surface area contributed by atoms with Crippen LogP contribution in [0.4, 0.5) is 0 Å². The van der Waals surface area contributed by atoms with E-state index in [4.69, 9.17) is 28.9 Å². The summed E-state index contributed by atoms with van der Waals surface area (Å²) < 4.78 is 0. The molecule has 0 saturated carbocycles. The summed E-state index contributed by atoms with van der Waals surface area (Å²) in [5.74, 6) is 0.365. The number of thiazole rings is 1. The lowest BCUT2D eigenvalue weighted by molar-refractivity contribution is 0.707. The number of rotatable bonds is 5. The lowest BCUT2D eigenvalue weighted by Gasteiger charge is -2.16. The van der Waals surface area contributed by atoms with Crippen LogP contribution < -0.4 is 11.1 Å².